The molecule has 5 heteroatoms. The summed E-state index contributed by atoms with van der Waals surface area (Å²) in [5, 5.41) is 8.56. The van der Waals surface area contributed by atoms with E-state index in [1.54, 1.807) is 6.33 Å². The molecule has 1 atom stereocenters. The van der Waals surface area contributed by atoms with Gasteiger partial charge in [0.25, 0.3) is 0 Å². The number of aliphatic carboxylic acids is 1. The number of carbonyl (C=O) groups is 1. The van der Waals surface area contributed by atoms with Crippen LogP contribution in [0.4, 0.5) is 0 Å². The summed E-state index contributed by atoms with van der Waals surface area (Å²) in [6, 6.07) is 5.70. The van der Waals surface area contributed by atoms with Gasteiger partial charge in [-0.1, -0.05) is 6.07 Å². The quantitative estimate of drug-likeness (QED) is 0.734. The van der Waals surface area contributed by atoms with Gasteiger partial charge in [0.1, 0.15) is 0 Å². The number of rotatable bonds is 5. The maximum atomic E-state index is 10.4. The molecule has 5 nitrogen and oxygen atoms in total. The first-order valence-corrected chi connectivity index (χ1v) is 5.57. The molecule has 0 bridgehead atoms. The number of nitrogens with one attached hydrogen (secondary N) is 1. The van der Waals surface area contributed by atoms with Crippen molar-refractivity contribution in [1.82, 2.24) is 9.97 Å². The molecule has 2 rings (SSSR count). The van der Waals surface area contributed by atoms with Crippen LogP contribution >= 0.6 is 0 Å². The van der Waals surface area contributed by atoms with Gasteiger partial charge in [-0.25, -0.2) is 4.98 Å². The number of carboxylic acids is 1. The Kier molecular flexibility index (Phi) is 3.39. The molecule has 0 saturated heterocycles. The Labute approximate surface area is 98.7 Å². The first kappa shape index (κ1) is 11.6. The first-order valence-electron chi connectivity index (χ1n) is 5.57. The number of aromatic amines is 1. The van der Waals surface area contributed by atoms with Crippen LogP contribution in [0.2, 0.25) is 0 Å². The van der Waals surface area contributed by atoms with Crippen molar-refractivity contribution in [2.75, 3.05) is 0 Å². The lowest BCUT2D eigenvalue weighted by atomic mass is 10.0. The Morgan fingerprint density at radius 3 is 3.12 bits per heavy atom. The van der Waals surface area contributed by atoms with Crippen LogP contribution in [-0.2, 0) is 4.79 Å². The fraction of sp³-hybridized carbons (Fsp3) is 0.333. The summed E-state index contributed by atoms with van der Waals surface area (Å²) in [6.45, 7) is 0. The minimum absolute atomic E-state index is 0.123. The summed E-state index contributed by atoms with van der Waals surface area (Å²) in [4.78, 5) is 17.6. The Morgan fingerprint density at radius 1 is 1.53 bits per heavy atom. The van der Waals surface area contributed by atoms with E-state index in [4.69, 9.17) is 10.8 Å². The van der Waals surface area contributed by atoms with Crippen molar-refractivity contribution < 1.29 is 9.90 Å². The molecule has 17 heavy (non-hydrogen) atoms. The van der Waals surface area contributed by atoms with E-state index in [1.807, 2.05) is 18.2 Å². The number of hydrogen-bond acceptors (Lipinski definition) is 3. The average Bonchev–Trinajstić information content (AvgIpc) is 2.75. The van der Waals surface area contributed by atoms with Gasteiger partial charge >= 0.3 is 5.97 Å². The lowest BCUT2D eigenvalue weighted by Crippen LogP contribution is -2.10. The number of fused-ring (bicyclic) bond motifs is 1. The van der Waals surface area contributed by atoms with Crippen LogP contribution in [0.15, 0.2) is 24.5 Å². The van der Waals surface area contributed by atoms with Crippen molar-refractivity contribution in [2.24, 2.45) is 5.73 Å². The van der Waals surface area contributed by atoms with E-state index in [-0.39, 0.29) is 12.5 Å². The molecule has 1 aromatic carbocycles. The molecule has 1 heterocycles. The third kappa shape index (κ3) is 2.82. The van der Waals surface area contributed by atoms with E-state index in [0.29, 0.717) is 12.8 Å². The zero-order valence-electron chi connectivity index (χ0n) is 9.39. The molecule has 0 fully saturated rings. The average molecular weight is 233 g/mol. The normalized spacial score (nSPS) is 12.8. The molecule has 90 valence electrons. The second-order valence-corrected chi connectivity index (χ2v) is 4.07. The Morgan fingerprint density at radius 2 is 2.35 bits per heavy atom. The van der Waals surface area contributed by atoms with Crippen molar-refractivity contribution in [3.63, 3.8) is 0 Å². The zero-order chi connectivity index (χ0) is 12.3. The SMILES string of the molecule is NC(CCCC(=O)O)c1ccc2nc[nH]c2c1. The molecular weight excluding hydrogens is 218 g/mol. The van der Waals surface area contributed by atoms with Gasteiger partial charge in [-0.3, -0.25) is 4.79 Å². The third-order valence-electron chi connectivity index (χ3n) is 2.78. The molecule has 0 radical (unpaired) electrons. The lowest BCUT2D eigenvalue weighted by Gasteiger charge is -2.11. The monoisotopic (exact) mass is 233 g/mol. The van der Waals surface area contributed by atoms with Crippen molar-refractivity contribution in [3.8, 4) is 0 Å². The van der Waals surface area contributed by atoms with Crippen LogP contribution in [0.1, 0.15) is 30.9 Å². The summed E-state index contributed by atoms with van der Waals surface area (Å²) in [7, 11) is 0. The molecule has 0 aliphatic rings. The van der Waals surface area contributed by atoms with Crippen LogP contribution in [0.5, 0.6) is 0 Å². The standard InChI is InChI=1S/C12H15N3O2/c13-9(2-1-3-12(16)17)8-4-5-10-11(6-8)15-7-14-10/h4-7,9H,1-3,13H2,(H,14,15)(H,16,17). The topological polar surface area (TPSA) is 92.0 Å². The van der Waals surface area contributed by atoms with Gasteiger partial charge in [-0.05, 0) is 30.5 Å². The fourth-order valence-electron chi connectivity index (χ4n) is 1.82. The maximum absolute atomic E-state index is 10.4. The molecule has 2 aromatic rings. The highest BCUT2D eigenvalue weighted by molar-refractivity contribution is 5.75. The van der Waals surface area contributed by atoms with E-state index in [0.717, 1.165) is 16.6 Å². The molecule has 0 amide bonds. The number of imidazole rings is 1. The molecule has 4 N–H and O–H groups in total. The van der Waals surface area contributed by atoms with Crippen LogP contribution in [0.25, 0.3) is 11.0 Å². The fourth-order valence-corrected chi connectivity index (χ4v) is 1.82. The van der Waals surface area contributed by atoms with Crippen molar-refractivity contribution in [3.05, 3.63) is 30.1 Å². The third-order valence-corrected chi connectivity index (χ3v) is 2.78. The minimum atomic E-state index is -0.777. The summed E-state index contributed by atoms with van der Waals surface area (Å²) < 4.78 is 0. The van der Waals surface area contributed by atoms with Gasteiger partial charge in [-0.15, -0.1) is 0 Å². The maximum Gasteiger partial charge on any atom is 0.303 e. The highest BCUT2D eigenvalue weighted by Crippen LogP contribution is 2.20. The van der Waals surface area contributed by atoms with Gasteiger partial charge in [0.15, 0.2) is 0 Å². The van der Waals surface area contributed by atoms with Crippen LogP contribution in [0, 0.1) is 0 Å². The van der Waals surface area contributed by atoms with Gasteiger partial charge in [-0.2, -0.15) is 0 Å². The van der Waals surface area contributed by atoms with Gasteiger partial charge in [0, 0.05) is 12.5 Å². The predicted molar refractivity (Wildman–Crippen MR) is 64.5 cm³/mol. The first-order chi connectivity index (χ1) is 8.16. The zero-order valence-corrected chi connectivity index (χ0v) is 9.39. The number of H-pyrrole nitrogens is 1. The largest absolute Gasteiger partial charge is 0.481 e. The van der Waals surface area contributed by atoms with Gasteiger partial charge in [0.2, 0.25) is 0 Å². The smallest absolute Gasteiger partial charge is 0.303 e. The van der Waals surface area contributed by atoms with Crippen molar-refractivity contribution >= 4 is 17.0 Å². The number of carboxylic acid groups (broad SMARTS) is 1. The molecule has 1 aromatic heterocycles. The number of nitrogens with zero attached hydrogens (tertiary/aromatic N) is 1. The van der Waals surface area contributed by atoms with E-state index in [2.05, 4.69) is 9.97 Å². The molecule has 0 spiro atoms. The molecule has 0 saturated carbocycles. The Balaban J connectivity index is 2.02. The van der Waals surface area contributed by atoms with E-state index >= 15 is 0 Å². The van der Waals surface area contributed by atoms with E-state index < -0.39 is 5.97 Å². The van der Waals surface area contributed by atoms with Crippen molar-refractivity contribution in [2.45, 2.75) is 25.3 Å². The van der Waals surface area contributed by atoms with Gasteiger partial charge < -0.3 is 15.8 Å². The molecule has 1 unspecified atom stereocenters. The lowest BCUT2D eigenvalue weighted by molar-refractivity contribution is -0.137. The van der Waals surface area contributed by atoms with Crippen LogP contribution in [-0.4, -0.2) is 21.0 Å². The minimum Gasteiger partial charge on any atom is -0.481 e. The van der Waals surface area contributed by atoms with Crippen LogP contribution in [0.3, 0.4) is 0 Å². The summed E-state index contributed by atoms with van der Waals surface area (Å²) in [6.07, 6.45) is 3.08. The number of benzene rings is 1. The Hall–Kier alpha value is -1.88. The van der Waals surface area contributed by atoms with Crippen LogP contribution < -0.4 is 5.73 Å². The number of nitrogens with two attached hydrogens (primary N) is 1. The molecule has 0 aliphatic heterocycles. The second kappa shape index (κ2) is 4.97. The van der Waals surface area contributed by atoms with E-state index in [9.17, 15) is 4.79 Å². The highest BCUT2D eigenvalue weighted by atomic mass is 16.4. The molecular formula is C12H15N3O2. The number of aromatic nitrogens is 2. The van der Waals surface area contributed by atoms with Crippen molar-refractivity contribution in [1.29, 1.82) is 0 Å². The highest BCUT2D eigenvalue weighted by Gasteiger charge is 2.08. The van der Waals surface area contributed by atoms with Gasteiger partial charge in [0.05, 0.1) is 17.4 Å². The second-order valence-electron chi connectivity index (χ2n) is 4.07. The predicted octanol–water partition coefficient (Wildman–Crippen LogP) is 1.82. The summed E-state index contributed by atoms with van der Waals surface area (Å²) in [5.74, 6) is -0.777. The molecule has 0 aliphatic carbocycles. The number of hydrogen-bond donors (Lipinski definition) is 3. The summed E-state index contributed by atoms with van der Waals surface area (Å²) in [5.41, 5.74) is 8.88. The Bertz CT molecular complexity index is 521. The van der Waals surface area contributed by atoms with E-state index in [1.165, 1.54) is 0 Å². The summed E-state index contributed by atoms with van der Waals surface area (Å²) >= 11 is 0.